The Kier molecular flexibility index (Phi) is 5.72. The second-order valence-electron chi connectivity index (χ2n) is 6.43. The molecule has 4 aromatic rings. The molecule has 1 aromatic heterocycles. The van der Waals surface area contributed by atoms with Crippen molar-refractivity contribution in [2.45, 2.75) is 9.92 Å². The highest BCUT2D eigenvalue weighted by Gasteiger charge is 2.10. The lowest BCUT2D eigenvalue weighted by Crippen LogP contribution is -2.13. The molecule has 0 atom stereocenters. The molecule has 0 unspecified atom stereocenters. The number of aromatic nitrogens is 2. The van der Waals surface area contributed by atoms with Crippen molar-refractivity contribution in [2.24, 2.45) is 0 Å². The molecule has 4 rings (SSSR count). The first kappa shape index (κ1) is 19.6. The van der Waals surface area contributed by atoms with E-state index in [0.29, 0.717) is 16.9 Å². The molecule has 0 aliphatic carbocycles. The highest BCUT2D eigenvalue weighted by Crippen LogP contribution is 2.29. The summed E-state index contributed by atoms with van der Waals surface area (Å²) in [5.41, 5.74) is 9.15. The van der Waals surface area contributed by atoms with Crippen LogP contribution in [0.4, 0.5) is 15.8 Å². The standard InChI is InChI=1S/C23H17FN4OS/c24-18-6-1-15(2-7-18)17-5-10-20(25)21(13-17)28-23(29)16-3-8-19(9-4-16)30-22-14-26-11-12-27-22/h1-14H,25H2,(H,28,29). The van der Waals surface area contributed by atoms with Crippen LogP contribution in [0.15, 0.2) is 95.2 Å². The third-order valence-electron chi connectivity index (χ3n) is 4.36. The van der Waals surface area contributed by atoms with Crippen molar-refractivity contribution >= 4 is 29.0 Å². The van der Waals surface area contributed by atoms with Gasteiger partial charge in [0.15, 0.2) is 0 Å². The van der Waals surface area contributed by atoms with E-state index >= 15 is 0 Å². The van der Waals surface area contributed by atoms with E-state index in [4.69, 9.17) is 5.73 Å². The van der Waals surface area contributed by atoms with Crippen LogP contribution in [-0.4, -0.2) is 15.9 Å². The molecule has 1 amide bonds. The highest BCUT2D eigenvalue weighted by molar-refractivity contribution is 7.99. The topological polar surface area (TPSA) is 80.9 Å². The summed E-state index contributed by atoms with van der Waals surface area (Å²) >= 11 is 1.46. The zero-order valence-corrected chi connectivity index (χ0v) is 16.6. The van der Waals surface area contributed by atoms with Gasteiger partial charge in [-0.1, -0.05) is 30.0 Å². The molecule has 0 bridgehead atoms. The van der Waals surface area contributed by atoms with E-state index in [1.807, 2.05) is 18.2 Å². The van der Waals surface area contributed by atoms with Crippen LogP contribution in [0.25, 0.3) is 11.1 Å². The predicted molar refractivity (Wildman–Crippen MR) is 117 cm³/mol. The minimum atomic E-state index is -0.302. The molecule has 0 radical (unpaired) electrons. The third-order valence-corrected chi connectivity index (χ3v) is 5.29. The van der Waals surface area contributed by atoms with Gasteiger partial charge in [-0.3, -0.25) is 9.78 Å². The Labute approximate surface area is 177 Å². The molecule has 0 fully saturated rings. The monoisotopic (exact) mass is 416 g/mol. The molecule has 7 heteroatoms. The van der Waals surface area contributed by atoms with Gasteiger partial charge in [-0.05, 0) is 59.7 Å². The van der Waals surface area contributed by atoms with Crippen molar-refractivity contribution < 1.29 is 9.18 Å². The number of anilines is 2. The first-order valence-electron chi connectivity index (χ1n) is 9.09. The number of benzene rings is 3. The minimum absolute atomic E-state index is 0.269. The van der Waals surface area contributed by atoms with Crippen LogP contribution >= 0.6 is 11.8 Å². The van der Waals surface area contributed by atoms with Gasteiger partial charge in [-0.15, -0.1) is 0 Å². The Morgan fingerprint density at radius 3 is 2.37 bits per heavy atom. The first-order chi connectivity index (χ1) is 14.6. The van der Waals surface area contributed by atoms with Crippen LogP contribution in [0.1, 0.15) is 10.4 Å². The van der Waals surface area contributed by atoms with Gasteiger partial charge in [-0.25, -0.2) is 9.37 Å². The number of hydrogen-bond donors (Lipinski definition) is 2. The molecule has 30 heavy (non-hydrogen) atoms. The first-order valence-corrected chi connectivity index (χ1v) is 9.91. The van der Waals surface area contributed by atoms with Crippen molar-refractivity contribution in [3.8, 4) is 11.1 Å². The van der Waals surface area contributed by atoms with Gasteiger partial charge in [0, 0.05) is 22.9 Å². The third kappa shape index (κ3) is 4.64. The van der Waals surface area contributed by atoms with Gasteiger partial charge in [0.25, 0.3) is 5.91 Å². The van der Waals surface area contributed by atoms with E-state index in [1.165, 1.54) is 23.9 Å². The van der Waals surface area contributed by atoms with Crippen molar-refractivity contribution in [3.63, 3.8) is 0 Å². The maximum Gasteiger partial charge on any atom is 0.255 e. The SMILES string of the molecule is Nc1ccc(-c2ccc(F)cc2)cc1NC(=O)c1ccc(Sc2cnccn2)cc1. The van der Waals surface area contributed by atoms with E-state index in [-0.39, 0.29) is 11.7 Å². The number of amides is 1. The number of carbonyl (C=O) groups is 1. The highest BCUT2D eigenvalue weighted by atomic mass is 32.2. The van der Waals surface area contributed by atoms with Crippen LogP contribution in [0.5, 0.6) is 0 Å². The molecule has 0 aliphatic rings. The number of carbonyl (C=O) groups excluding carboxylic acids is 1. The van der Waals surface area contributed by atoms with Crippen molar-refractivity contribution in [2.75, 3.05) is 11.1 Å². The second-order valence-corrected chi connectivity index (χ2v) is 7.53. The lowest BCUT2D eigenvalue weighted by molar-refractivity contribution is 0.102. The normalized spacial score (nSPS) is 10.6. The minimum Gasteiger partial charge on any atom is -0.397 e. The summed E-state index contributed by atoms with van der Waals surface area (Å²) < 4.78 is 13.2. The fourth-order valence-corrected chi connectivity index (χ4v) is 3.55. The van der Waals surface area contributed by atoms with Gasteiger partial charge in [0.05, 0.1) is 17.6 Å². The average molecular weight is 416 g/mol. The molecule has 3 aromatic carbocycles. The fourth-order valence-electron chi connectivity index (χ4n) is 2.81. The van der Waals surface area contributed by atoms with Crippen LogP contribution in [0.2, 0.25) is 0 Å². The largest absolute Gasteiger partial charge is 0.397 e. The number of nitrogens with two attached hydrogens (primary N) is 1. The van der Waals surface area contributed by atoms with Gasteiger partial charge >= 0.3 is 0 Å². The summed E-state index contributed by atoms with van der Waals surface area (Å²) in [6.45, 7) is 0. The second kappa shape index (κ2) is 8.75. The van der Waals surface area contributed by atoms with E-state index in [9.17, 15) is 9.18 Å². The lowest BCUT2D eigenvalue weighted by atomic mass is 10.0. The maximum absolute atomic E-state index is 13.2. The summed E-state index contributed by atoms with van der Waals surface area (Å²) in [6.07, 6.45) is 4.94. The summed E-state index contributed by atoms with van der Waals surface area (Å²) in [7, 11) is 0. The number of nitrogens with one attached hydrogen (secondary N) is 1. The number of halogens is 1. The van der Waals surface area contributed by atoms with Gasteiger partial charge in [-0.2, -0.15) is 0 Å². The van der Waals surface area contributed by atoms with E-state index in [2.05, 4.69) is 15.3 Å². The molecule has 5 nitrogen and oxygen atoms in total. The molecule has 1 heterocycles. The molecular weight excluding hydrogens is 399 g/mol. The van der Waals surface area contributed by atoms with Crippen molar-refractivity contribution in [1.29, 1.82) is 0 Å². The number of nitrogens with zero attached hydrogens (tertiary/aromatic N) is 2. The van der Waals surface area contributed by atoms with Crippen molar-refractivity contribution in [1.82, 2.24) is 9.97 Å². The Bertz CT molecular complexity index is 1170. The quantitative estimate of drug-likeness (QED) is 0.433. The number of hydrogen-bond acceptors (Lipinski definition) is 5. The fraction of sp³-hybridized carbons (Fsp3) is 0. The summed E-state index contributed by atoms with van der Waals surface area (Å²) in [5, 5.41) is 3.63. The molecule has 3 N–H and O–H groups in total. The Morgan fingerprint density at radius 1 is 0.933 bits per heavy atom. The van der Waals surface area contributed by atoms with Crippen LogP contribution in [-0.2, 0) is 0 Å². The smallest absolute Gasteiger partial charge is 0.255 e. The van der Waals surface area contributed by atoms with Crippen LogP contribution in [0, 0.1) is 5.82 Å². The molecular formula is C23H17FN4OS. The molecule has 0 aliphatic heterocycles. The average Bonchev–Trinajstić information content (AvgIpc) is 2.77. The molecule has 0 saturated carbocycles. The van der Waals surface area contributed by atoms with Crippen LogP contribution in [0.3, 0.4) is 0 Å². The summed E-state index contributed by atoms with van der Waals surface area (Å²) in [6, 6.07) is 18.7. The zero-order chi connectivity index (χ0) is 20.9. The number of nitrogen functional groups attached to an aromatic ring is 1. The van der Waals surface area contributed by atoms with E-state index < -0.39 is 0 Å². The van der Waals surface area contributed by atoms with Gasteiger partial charge in [0.2, 0.25) is 0 Å². The molecule has 148 valence electrons. The number of rotatable bonds is 5. The van der Waals surface area contributed by atoms with Crippen molar-refractivity contribution in [3.05, 3.63) is 96.7 Å². The molecule has 0 saturated heterocycles. The summed E-state index contributed by atoms with van der Waals surface area (Å²) in [5.74, 6) is -0.572. The lowest BCUT2D eigenvalue weighted by Gasteiger charge is -2.11. The van der Waals surface area contributed by atoms with Gasteiger partial charge < -0.3 is 11.1 Å². The predicted octanol–water partition coefficient (Wildman–Crippen LogP) is 5.27. The Morgan fingerprint density at radius 2 is 1.67 bits per heavy atom. The van der Waals surface area contributed by atoms with Gasteiger partial charge in [0.1, 0.15) is 10.8 Å². The zero-order valence-electron chi connectivity index (χ0n) is 15.7. The van der Waals surface area contributed by atoms with E-state index in [0.717, 1.165) is 21.0 Å². The Hall–Kier alpha value is -3.71. The van der Waals surface area contributed by atoms with E-state index in [1.54, 1.807) is 55.0 Å². The summed E-state index contributed by atoms with van der Waals surface area (Å²) in [4.78, 5) is 21.9. The molecule has 0 spiro atoms. The maximum atomic E-state index is 13.2. The Balaban J connectivity index is 1.49. The van der Waals surface area contributed by atoms with Crippen LogP contribution < -0.4 is 11.1 Å².